The Bertz CT molecular complexity index is 1670. The molecule has 42 heavy (non-hydrogen) atoms. The molecule has 0 fully saturated rings. The fourth-order valence-electron chi connectivity index (χ4n) is 4.56. The summed E-state index contributed by atoms with van der Waals surface area (Å²) in [4.78, 5) is 0. The molecule has 2 aromatic heterocycles. The maximum atomic E-state index is 14.6. The van der Waals surface area contributed by atoms with E-state index in [1.807, 2.05) is 0 Å². The van der Waals surface area contributed by atoms with Crippen molar-refractivity contribution in [2.24, 2.45) is 0 Å². The SMILES string of the molecule is Fc1c(F)c(F)c(-c2cccc[n+]2Cc2cccc(C[n+]3ccccc3-c3c(F)c(F)c(F)c(F)c3F)c2)c(F)c1F. The highest BCUT2D eigenvalue weighted by Gasteiger charge is 2.32. The Morgan fingerprint density at radius 1 is 0.381 bits per heavy atom. The fourth-order valence-corrected chi connectivity index (χ4v) is 4.56. The van der Waals surface area contributed by atoms with E-state index in [1.165, 1.54) is 57.9 Å². The minimum absolute atomic E-state index is 0.104. The van der Waals surface area contributed by atoms with E-state index in [0.29, 0.717) is 11.1 Å². The summed E-state index contributed by atoms with van der Waals surface area (Å²) in [6.07, 6.45) is 2.74. The van der Waals surface area contributed by atoms with E-state index < -0.39 is 69.3 Å². The van der Waals surface area contributed by atoms with Gasteiger partial charge in [0.2, 0.25) is 23.0 Å². The molecule has 2 heterocycles. The van der Waals surface area contributed by atoms with Gasteiger partial charge in [-0.1, -0.05) is 18.2 Å². The highest BCUT2D eigenvalue weighted by atomic mass is 19.2. The Balaban J connectivity index is 1.52. The smallest absolute Gasteiger partial charge is 0.203 e. The van der Waals surface area contributed by atoms with Crippen LogP contribution in [0.1, 0.15) is 11.1 Å². The average Bonchev–Trinajstić information content (AvgIpc) is 2.99. The molecular weight excluding hydrogens is 578 g/mol. The molecule has 0 amide bonds. The van der Waals surface area contributed by atoms with Crippen molar-refractivity contribution in [2.75, 3.05) is 0 Å². The van der Waals surface area contributed by atoms with Gasteiger partial charge < -0.3 is 0 Å². The van der Waals surface area contributed by atoms with Crippen molar-refractivity contribution >= 4 is 0 Å². The number of aromatic nitrogens is 2. The van der Waals surface area contributed by atoms with Crippen molar-refractivity contribution in [3.8, 4) is 22.5 Å². The van der Waals surface area contributed by atoms with Gasteiger partial charge in [0.25, 0.3) is 0 Å². The van der Waals surface area contributed by atoms with Gasteiger partial charge in [-0.05, 0) is 18.2 Å². The molecule has 0 unspecified atom stereocenters. The zero-order valence-electron chi connectivity index (χ0n) is 21.0. The number of halogens is 10. The normalized spacial score (nSPS) is 11.3. The maximum absolute atomic E-state index is 14.6. The molecule has 0 bridgehead atoms. The van der Waals surface area contributed by atoms with Crippen LogP contribution >= 0.6 is 0 Å². The summed E-state index contributed by atoms with van der Waals surface area (Å²) in [6, 6.07) is 14.4. The molecule has 0 radical (unpaired) electrons. The summed E-state index contributed by atoms with van der Waals surface area (Å²) in [5.41, 5.74) is -1.86. The lowest BCUT2D eigenvalue weighted by atomic mass is 10.1. The highest BCUT2D eigenvalue weighted by Crippen LogP contribution is 2.31. The quantitative estimate of drug-likeness (QED) is 0.0860. The van der Waals surface area contributed by atoms with Crippen LogP contribution in [-0.4, -0.2) is 0 Å². The lowest BCUT2D eigenvalue weighted by molar-refractivity contribution is -0.678. The number of nitrogens with zero attached hydrogens (tertiary/aromatic N) is 2. The number of benzene rings is 3. The summed E-state index contributed by atoms with van der Waals surface area (Å²) >= 11 is 0. The van der Waals surface area contributed by atoms with Crippen LogP contribution in [0.2, 0.25) is 0 Å². The third-order valence-corrected chi connectivity index (χ3v) is 6.51. The van der Waals surface area contributed by atoms with E-state index in [1.54, 1.807) is 24.3 Å². The highest BCUT2D eigenvalue weighted by molar-refractivity contribution is 5.59. The van der Waals surface area contributed by atoms with Crippen LogP contribution in [0.5, 0.6) is 0 Å². The summed E-state index contributed by atoms with van der Waals surface area (Å²) in [5.74, 6) is -20.9. The molecule has 0 N–H and O–H groups in total. The molecule has 0 spiro atoms. The second kappa shape index (κ2) is 11.3. The van der Waals surface area contributed by atoms with E-state index in [4.69, 9.17) is 0 Å². The third kappa shape index (κ3) is 4.97. The zero-order valence-corrected chi connectivity index (χ0v) is 21.0. The Labute approximate surface area is 231 Å². The molecule has 2 nitrogen and oxygen atoms in total. The van der Waals surface area contributed by atoms with Gasteiger partial charge in [0.1, 0.15) is 11.1 Å². The number of rotatable bonds is 6. The maximum Gasteiger partial charge on any atom is 0.218 e. The standard InChI is InChI=1S/C30H16F10N2/c31-21-19(22(32)26(36)29(39)25(21)35)17-8-1-3-10-41(17)13-15-6-5-7-16(12-15)14-42-11-4-2-9-18(42)20-23(33)27(37)30(40)28(38)24(20)34/h1-12H,13-14H2/q+2. The van der Waals surface area contributed by atoms with Gasteiger partial charge in [-0.25, -0.2) is 43.9 Å². The number of hydrogen-bond acceptors (Lipinski definition) is 0. The van der Waals surface area contributed by atoms with Crippen molar-refractivity contribution in [1.29, 1.82) is 0 Å². The zero-order chi connectivity index (χ0) is 30.3. The molecule has 5 rings (SSSR count). The third-order valence-electron chi connectivity index (χ3n) is 6.51. The predicted octanol–water partition coefficient (Wildman–Crippen LogP) is 7.08. The number of pyridine rings is 2. The van der Waals surface area contributed by atoms with Crippen LogP contribution in [-0.2, 0) is 13.1 Å². The van der Waals surface area contributed by atoms with E-state index in [0.717, 1.165) is 0 Å². The summed E-state index contributed by atoms with van der Waals surface area (Å²) in [5, 5.41) is 0. The fraction of sp³-hybridized carbons (Fsp3) is 0.0667. The molecule has 12 heteroatoms. The van der Waals surface area contributed by atoms with Gasteiger partial charge in [0, 0.05) is 35.4 Å². The molecule has 0 aliphatic carbocycles. The summed E-state index contributed by atoms with van der Waals surface area (Å²) in [7, 11) is 0. The molecule has 0 atom stereocenters. The van der Waals surface area contributed by atoms with Crippen molar-refractivity contribution < 1.29 is 53.0 Å². The van der Waals surface area contributed by atoms with E-state index in [2.05, 4.69) is 0 Å². The first-order valence-corrected chi connectivity index (χ1v) is 12.1. The Kier molecular flexibility index (Phi) is 7.72. The molecule has 214 valence electrons. The monoisotopic (exact) mass is 594 g/mol. The van der Waals surface area contributed by atoms with Crippen LogP contribution in [0, 0.1) is 58.2 Å². The van der Waals surface area contributed by atoms with Gasteiger partial charge in [-0.2, -0.15) is 9.13 Å². The van der Waals surface area contributed by atoms with Gasteiger partial charge in [-0.3, -0.25) is 0 Å². The van der Waals surface area contributed by atoms with E-state index >= 15 is 0 Å². The first-order chi connectivity index (χ1) is 20.0. The van der Waals surface area contributed by atoms with Crippen molar-refractivity contribution in [3.63, 3.8) is 0 Å². The van der Waals surface area contributed by atoms with E-state index in [9.17, 15) is 43.9 Å². The van der Waals surface area contributed by atoms with Crippen LogP contribution in [0.15, 0.2) is 73.1 Å². The molecule has 0 aliphatic rings. The topological polar surface area (TPSA) is 7.76 Å². The molecular formula is C30H16F10N2+2. The van der Waals surface area contributed by atoms with E-state index in [-0.39, 0.29) is 24.5 Å². The molecule has 5 aromatic rings. The largest absolute Gasteiger partial charge is 0.218 e. The van der Waals surface area contributed by atoms with Gasteiger partial charge in [-0.15, -0.1) is 0 Å². The van der Waals surface area contributed by atoms with Gasteiger partial charge in [0.15, 0.2) is 72.0 Å². The molecule has 0 aliphatic heterocycles. The predicted molar refractivity (Wildman–Crippen MR) is 128 cm³/mol. The number of hydrogen-bond donors (Lipinski definition) is 0. The van der Waals surface area contributed by atoms with Gasteiger partial charge in [0.05, 0.1) is 0 Å². The van der Waals surface area contributed by atoms with Crippen LogP contribution in [0.4, 0.5) is 43.9 Å². The minimum Gasteiger partial charge on any atom is -0.203 e. The molecule has 0 saturated heterocycles. The first-order valence-electron chi connectivity index (χ1n) is 12.1. The second-order valence-electron chi connectivity index (χ2n) is 9.14. The van der Waals surface area contributed by atoms with Crippen molar-refractivity contribution in [1.82, 2.24) is 0 Å². The van der Waals surface area contributed by atoms with Crippen molar-refractivity contribution in [2.45, 2.75) is 13.1 Å². The molecule has 3 aromatic carbocycles. The summed E-state index contributed by atoms with van der Waals surface area (Å²) < 4.78 is 144. The van der Waals surface area contributed by atoms with Gasteiger partial charge >= 0.3 is 0 Å². The molecule has 0 saturated carbocycles. The Morgan fingerprint density at radius 3 is 1.07 bits per heavy atom. The summed E-state index contributed by atoms with van der Waals surface area (Å²) in [6.45, 7) is -0.207. The van der Waals surface area contributed by atoms with Crippen LogP contribution in [0.3, 0.4) is 0 Å². The lowest BCUT2D eigenvalue weighted by Crippen LogP contribution is -2.38. The van der Waals surface area contributed by atoms with Crippen LogP contribution < -0.4 is 9.13 Å². The second-order valence-corrected chi connectivity index (χ2v) is 9.14. The first kappa shape index (κ1) is 28.8. The lowest BCUT2D eigenvalue weighted by Gasteiger charge is -2.10. The Hall–Kier alpha value is -4.74. The van der Waals surface area contributed by atoms with Crippen molar-refractivity contribution in [3.05, 3.63) is 142 Å². The Morgan fingerprint density at radius 2 is 0.714 bits per heavy atom. The minimum atomic E-state index is -2.28. The average molecular weight is 594 g/mol. The van der Waals surface area contributed by atoms with Crippen LogP contribution in [0.25, 0.3) is 22.5 Å².